The molecule has 0 radical (unpaired) electrons. The number of rotatable bonds is 5. The van der Waals surface area contributed by atoms with Crippen LogP contribution in [0.3, 0.4) is 0 Å². The van der Waals surface area contributed by atoms with Crippen molar-refractivity contribution in [3.05, 3.63) is 22.2 Å². The van der Waals surface area contributed by atoms with Gasteiger partial charge < -0.3 is 9.63 Å². The third kappa shape index (κ3) is 2.48. The highest BCUT2D eigenvalue weighted by molar-refractivity contribution is 7.08. The second-order valence-corrected chi connectivity index (χ2v) is 4.40. The molecule has 0 unspecified atom stereocenters. The second-order valence-electron chi connectivity index (χ2n) is 3.66. The van der Waals surface area contributed by atoms with Crippen molar-refractivity contribution in [3.8, 4) is 11.4 Å². The Labute approximate surface area is 97.9 Å². The summed E-state index contributed by atoms with van der Waals surface area (Å²) in [5.41, 5.74) is 2.22. The zero-order chi connectivity index (χ0) is 11.4. The molecule has 0 fully saturated rings. The third-order valence-corrected chi connectivity index (χ3v) is 3.22. The van der Waals surface area contributed by atoms with Crippen molar-refractivity contribution in [1.29, 1.82) is 0 Å². The van der Waals surface area contributed by atoms with E-state index in [0.29, 0.717) is 11.7 Å². The van der Waals surface area contributed by atoms with E-state index in [1.165, 1.54) is 5.56 Å². The molecule has 0 aliphatic rings. The number of aromatic nitrogens is 2. The Morgan fingerprint density at radius 2 is 2.25 bits per heavy atom. The average Bonchev–Trinajstić information content (AvgIpc) is 2.87. The van der Waals surface area contributed by atoms with E-state index >= 15 is 0 Å². The van der Waals surface area contributed by atoms with Gasteiger partial charge >= 0.3 is 0 Å². The molecule has 1 N–H and O–H groups in total. The first kappa shape index (κ1) is 11.3. The summed E-state index contributed by atoms with van der Waals surface area (Å²) >= 11 is 1.64. The molecule has 0 amide bonds. The number of aliphatic hydroxyl groups is 1. The fourth-order valence-corrected chi connectivity index (χ4v) is 2.27. The molecule has 0 aromatic carbocycles. The van der Waals surface area contributed by atoms with Crippen LogP contribution in [0.4, 0.5) is 0 Å². The molecule has 4 nitrogen and oxygen atoms in total. The molecule has 2 heterocycles. The van der Waals surface area contributed by atoms with Crippen LogP contribution in [0.2, 0.25) is 0 Å². The number of nitrogens with zero attached hydrogens (tertiary/aromatic N) is 2. The Hall–Kier alpha value is -1.20. The van der Waals surface area contributed by atoms with E-state index in [1.807, 2.05) is 12.3 Å². The smallest absolute Gasteiger partial charge is 0.226 e. The van der Waals surface area contributed by atoms with E-state index in [0.717, 1.165) is 24.8 Å². The molecule has 0 aliphatic carbocycles. The number of hydrogen-bond donors (Lipinski definition) is 1. The Bertz CT molecular complexity index is 450. The maximum absolute atomic E-state index is 8.67. The predicted molar refractivity (Wildman–Crippen MR) is 62.4 cm³/mol. The maximum Gasteiger partial charge on any atom is 0.226 e. The molecule has 0 bridgehead atoms. The van der Waals surface area contributed by atoms with Gasteiger partial charge in [0, 0.05) is 24.0 Å². The molecule has 0 spiro atoms. The van der Waals surface area contributed by atoms with Gasteiger partial charge in [0.1, 0.15) is 0 Å². The van der Waals surface area contributed by atoms with Crippen molar-refractivity contribution in [3.63, 3.8) is 0 Å². The summed E-state index contributed by atoms with van der Waals surface area (Å²) in [4.78, 5) is 4.33. The highest BCUT2D eigenvalue weighted by Gasteiger charge is 2.10. The van der Waals surface area contributed by atoms with Gasteiger partial charge in [-0.1, -0.05) is 5.16 Å². The molecule has 2 aromatic heterocycles. The van der Waals surface area contributed by atoms with Gasteiger partial charge in [-0.05, 0) is 30.7 Å². The molecular formula is C11H14N2O2S. The minimum absolute atomic E-state index is 0.213. The molecule has 16 heavy (non-hydrogen) atoms. The molecular weight excluding hydrogens is 224 g/mol. The molecule has 5 heteroatoms. The van der Waals surface area contributed by atoms with Crippen LogP contribution < -0.4 is 0 Å². The summed E-state index contributed by atoms with van der Waals surface area (Å²) in [6, 6.07) is 0. The summed E-state index contributed by atoms with van der Waals surface area (Å²) in [7, 11) is 0. The van der Waals surface area contributed by atoms with Crippen molar-refractivity contribution >= 4 is 11.3 Å². The predicted octanol–water partition coefficient (Wildman–Crippen LogP) is 2.42. The number of thiophene rings is 1. The van der Waals surface area contributed by atoms with Crippen LogP contribution in [0.25, 0.3) is 11.4 Å². The summed E-state index contributed by atoms with van der Waals surface area (Å²) < 4.78 is 5.15. The van der Waals surface area contributed by atoms with E-state index < -0.39 is 0 Å². The van der Waals surface area contributed by atoms with Crippen molar-refractivity contribution in [2.45, 2.75) is 26.2 Å². The quantitative estimate of drug-likeness (QED) is 0.813. The van der Waals surface area contributed by atoms with Gasteiger partial charge in [0.2, 0.25) is 11.7 Å². The van der Waals surface area contributed by atoms with Gasteiger partial charge in [0.05, 0.1) is 0 Å². The lowest BCUT2D eigenvalue weighted by atomic mass is 10.2. The first-order chi connectivity index (χ1) is 7.81. The summed E-state index contributed by atoms with van der Waals surface area (Å²) in [6.07, 6.45) is 2.38. The van der Waals surface area contributed by atoms with Crippen LogP contribution in [0.1, 0.15) is 24.3 Å². The third-order valence-electron chi connectivity index (χ3n) is 2.36. The van der Waals surface area contributed by atoms with Crippen LogP contribution in [0, 0.1) is 6.92 Å². The number of unbranched alkanes of at least 4 members (excludes halogenated alkanes) is 1. The van der Waals surface area contributed by atoms with Crippen molar-refractivity contribution in [2.75, 3.05) is 6.61 Å². The zero-order valence-electron chi connectivity index (χ0n) is 9.14. The zero-order valence-corrected chi connectivity index (χ0v) is 9.96. The average molecular weight is 238 g/mol. The molecule has 0 saturated carbocycles. The van der Waals surface area contributed by atoms with Gasteiger partial charge in [-0.25, -0.2) is 0 Å². The number of aliphatic hydroxyl groups excluding tert-OH is 1. The largest absolute Gasteiger partial charge is 0.396 e. The number of aryl methyl sites for hydroxylation is 2. The molecule has 0 aliphatic heterocycles. The lowest BCUT2D eigenvalue weighted by Crippen LogP contribution is -1.89. The molecule has 86 valence electrons. The van der Waals surface area contributed by atoms with Crippen molar-refractivity contribution in [1.82, 2.24) is 10.1 Å². The first-order valence-corrected chi connectivity index (χ1v) is 6.22. The van der Waals surface area contributed by atoms with Crippen LogP contribution in [0.5, 0.6) is 0 Å². The lowest BCUT2D eigenvalue weighted by molar-refractivity contribution is 0.281. The Morgan fingerprint density at radius 3 is 2.94 bits per heavy atom. The monoisotopic (exact) mass is 238 g/mol. The second kappa shape index (κ2) is 5.23. The molecule has 2 rings (SSSR count). The van der Waals surface area contributed by atoms with E-state index in [1.54, 1.807) is 11.3 Å². The summed E-state index contributed by atoms with van der Waals surface area (Å²) in [6.45, 7) is 2.25. The summed E-state index contributed by atoms with van der Waals surface area (Å²) in [5, 5.41) is 16.7. The topological polar surface area (TPSA) is 59.2 Å². The van der Waals surface area contributed by atoms with Crippen LogP contribution >= 0.6 is 11.3 Å². The maximum atomic E-state index is 8.67. The van der Waals surface area contributed by atoms with Crippen LogP contribution in [0.15, 0.2) is 15.3 Å². The van der Waals surface area contributed by atoms with E-state index in [-0.39, 0.29) is 6.61 Å². The van der Waals surface area contributed by atoms with E-state index in [2.05, 4.69) is 15.5 Å². The SMILES string of the molecule is Cc1cscc1-c1noc(CCCCO)n1. The van der Waals surface area contributed by atoms with Crippen molar-refractivity contribution < 1.29 is 9.63 Å². The van der Waals surface area contributed by atoms with Crippen LogP contribution in [-0.4, -0.2) is 21.9 Å². The minimum Gasteiger partial charge on any atom is -0.396 e. The van der Waals surface area contributed by atoms with Crippen molar-refractivity contribution in [2.24, 2.45) is 0 Å². The highest BCUT2D eigenvalue weighted by atomic mass is 32.1. The van der Waals surface area contributed by atoms with Crippen LogP contribution in [-0.2, 0) is 6.42 Å². The Morgan fingerprint density at radius 1 is 1.38 bits per heavy atom. The summed E-state index contributed by atoms with van der Waals surface area (Å²) in [5.74, 6) is 1.31. The lowest BCUT2D eigenvalue weighted by Gasteiger charge is -1.91. The fourth-order valence-electron chi connectivity index (χ4n) is 1.44. The molecule has 0 saturated heterocycles. The van der Waals surface area contributed by atoms with Gasteiger partial charge in [0.25, 0.3) is 0 Å². The van der Waals surface area contributed by atoms with E-state index in [4.69, 9.17) is 9.63 Å². The Kier molecular flexibility index (Phi) is 3.69. The van der Waals surface area contributed by atoms with E-state index in [9.17, 15) is 0 Å². The van der Waals surface area contributed by atoms with Gasteiger partial charge in [-0.15, -0.1) is 0 Å². The van der Waals surface area contributed by atoms with Gasteiger partial charge in [-0.3, -0.25) is 0 Å². The van der Waals surface area contributed by atoms with Gasteiger partial charge in [0.15, 0.2) is 0 Å². The molecule has 2 aromatic rings. The Balaban J connectivity index is 2.05. The fraction of sp³-hybridized carbons (Fsp3) is 0.455. The minimum atomic E-state index is 0.213. The standard InChI is InChI=1S/C11H14N2O2S/c1-8-6-16-7-9(8)11-12-10(15-13-11)4-2-3-5-14/h6-7,14H,2-5H2,1H3. The normalized spacial score (nSPS) is 10.9. The highest BCUT2D eigenvalue weighted by Crippen LogP contribution is 2.24. The first-order valence-electron chi connectivity index (χ1n) is 5.28. The molecule has 0 atom stereocenters. The van der Waals surface area contributed by atoms with Gasteiger partial charge in [-0.2, -0.15) is 16.3 Å². The number of hydrogen-bond acceptors (Lipinski definition) is 5.